The Balaban J connectivity index is 1.86. The molecule has 0 bridgehead atoms. The minimum absolute atomic E-state index is 0.0380. The van der Waals surface area contributed by atoms with Gasteiger partial charge in [-0.2, -0.15) is 11.8 Å². The van der Waals surface area contributed by atoms with Crippen molar-refractivity contribution in [3.8, 4) is 0 Å². The summed E-state index contributed by atoms with van der Waals surface area (Å²) in [6.07, 6.45) is 3.37. The maximum absolute atomic E-state index is 12.9. The Morgan fingerprint density at radius 3 is 2.84 bits per heavy atom. The molecule has 2 atom stereocenters. The van der Waals surface area contributed by atoms with Gasteiger partial charge in [0.1, 0.15) is 12.4 Å². The fraction of sp³-hybridized carbons (Fsp3) is 0.500. The summed E-state index contributed by atoms with van der Waals surface area (Å²) in [6, 6.07) is 7.52. The van der Waals surface area contributed by atoms with Crippen LogP contribution in [-0.4, -0.2) is 50.3 Å². The summed E-state index contributed by atoms with van der Waals surface area (Å²) >= 11 is 1.67. The Morgan fingerprint density at radius 2 is 2.12 bits per heavy atom. The number of thioether (sulfide) groups is 1. The van der Waals surface area contributed by atoms with Crippen LogP contribution in [0.25, 0.3) is 11.0 Å². The van der Waals surface area contributed by atoms with E-state index in [0.29, 0.717) is 13.0 Å². The van der Waals surface area contributed by atoms with E-state index in [4.69, 9.17) is 0 Å². The Labute approximate surface area is 151 Å². The Bertz CT molecular complexity index is 789. The standard InChI is InChI=1S/C18H23N3O3S/c1-12-13(18(23)24)6-5-9-20(12)17(22)10-21-15-8-4-3-7-14(15)19-16(21)11-25-2/h3-4,7-8,12-13H,5-6,9-11H2,1-2H3,(H,23,24)/t12-,13-/m0/s1. The molecular formula is C18H23N3O3S. The van der Waals surface area contributed by atoms with Crippen molar-refractivity contribution in [1.29, 1.82) is 0 Å². The lowest BCUT2D eigenvalue weighted by Crippen LogP contribution is -2.50. The molecule has 134 valence electrons. The van der Waals surface area contributed by atoms with Gasteiger partial charge in [0.05, 0.1) is 22.7 Å². The van der Waals surface area contributed by atoms with Crippen molar-refractivity contribution in [3.05, 3.63) is 30.1 Å². The summed E-state index contributed by atoms with van der Waals surface area (Å²) in [7, 11) is 0. The van der Waals surface area contributed by atoms with E-state index in [1.807, 2.05) is 42.0 Å². The van der Waals surface area contributed by atoms with E-state index >= 15 is 0 Å². The number of hydrogen-bond donors (Lipinski definition) is 1. The van der Waals surface area contributed by atoms with Gasteiger partial charge in [-0.3, -0.25) is 9.59 Å². The number of hydrogen-bond acceptors (Lipinski definition) is 4. The van der Waals surface area contributed by atoms with E-state index in [-0.39, 0.29) is 18.5 Å². The summed E-state index contributed by atoms with van der Waals surface area (Å²) in [5, 5.41) is 9.36. The quantitative estimate of drug-likeness (QED) is 0.886. The zero-order chi connectivity index (χ0) is 18.0. The van der Waals surface area contributed by atoms with Gasteiger partial charge in [-0.25, -0.2) is 4.98 Å². The highest BCUT2D eigenvalue weighted by Gasteiger charge is 2.35. The van der Waals surface area contributed by atoms with Gasteiger partial charge in [0.2, 0.25) is 5.91 Å². The third-order valence-corrected chi connectivity index (χ3v) is 5.47. The number of carboxylic acid groups (broad SMARTS) is 1. The van der Waals surface area contributed by atoms with Gasteiger partial charge in [-0.15, -0.1) is 0 Å². The number of carbonyl (C=O) groups excluding carboxylic acids is 1. The predicted molar refractivity (Wildman–Crippen MR) is 98.5 cm³/mol. The number of benzene rings is 1. The van der Waals surface area contributed by atoms with Crippen LogP contribution in [0.5, 0.6) is 0 Å². The lowest BCUT2D eigenvalue weighted by atomic mass is 9.90. The third-order valence-electron chi connectivity index (χ3n) is 4.93. The highest BCUT2D eigenvalue weighted by molar-refractivity contribution is 7.97. The first-order valence-electron chi connectivity index (χ1n) is 8.48. The van der Waals surface area contributed by atoms with Crippen molar-refractivity contribution in [2.45, 2.75) is 38.1 Å². The second-order valence-corrected chi connectivity index (χ2v) is 7.32. The van der Waals surface area contributed by atoms with Gasteiger partial charge in [-0.1, -0.05) is 12.1 Å². The normalized spacial score (nSPS) is 20.8. The number of aliphatic carboxylic acids is 1. The second-order valence-electron chi connectivity index (χ2n) is 6.45. The summed E-state index contributed by atoms with van der Waals surface area (Å²) < 4.78 is 1.96. The summed E-state index contributed by atoms with van der Waals surface area (Å²) in [4.78, 5) is 30.7. The van der Waals surface area contributed by atoms with E-state index in [9.17, 15) is 14.7 Å². The minimum Gasteiger partial charge on any atom is -0.481 e. The largest absolute Gasteiger partial charge is 0.481 e. The lowest BCUT2D eigenvalue weighted by Gasteiger charge is -2.37. The zero-order valence-corrected chi connectivity index (χ0v) is 15.3. The molecular weight excluding hydrogens is 338 g/mol. The minimum atomic E-state index is -0.818. The molecule has 0 saturated carbocycles. The fourth-order valence-electron chi connectivity index (χ4n) is 3.59. The molecule has 2 aromatic rings. The molecule has 0 radical (unpaired) electrons. The molecule has 6 nitrogen and oxygen atoms in total. The van der Waals surface area contributed by atoms with Crippen LogP contribution in [-0.2, 0) is 21.9 Å². The van der Waals surface area contributed by atoms with Crippen LogP contribution in [0.3, 0.4) is 0 Å². The summed E-state index contributed by atoms with van der Waals surface area (Å²) in [5.74, 6) is 0.268. The number of carbonyl (C=O) groups is 2. The van der Waals surface area contributed by atoms with Gasteiger partial charge < -0.3 is 14.6 Å². The molecule has 25 heavy (non-hydrogen) atoms. The highest BCUT2D eigenvalue weighted by atomic mass is 32.2. The molecule has 0 unspecified atom stereocenters. The number of piperidine rings is 1. The van der Waals surface area contributed by atoms with Crippen LogP contribution in [0.1, 0.15) is 25.6 Å². The highest BCUT2D eigenvalue weighted by Crippen LogP contribution is 2.25. The molecule has 1 N–H and O–H groups in total. The Kier molecular flexibility index (Phi) is 5.32. The Hall–Kier alpha value is -2.02. The number of imidazole rings is 1. The molecule has 1 aromatic carbocycles. The van der Waals surface area contributed by atoms with E-state index in [0.717, 1.165) is 29.0 Å². The van der Waals surface area contributed by atoms with Crippen LogP contribution < -0.4 is 0 Å². The number of amides is 1. The first-order chi connectivity index (χ1) is 12.0. The molecule has 1 aliphatic heterocycles. The van der Waals surface area contributed by atoms with Gasteiger partial charge in [0.25, 0.3) is 0 Å². The van der Waals surface area contributed by atoms with Crippen LogP contribution >= 0.6 is 11.8 Å². The molecule has 1 aromatic heterocycles. The van der Waals surface area contributed by atoms with E-state index in [2.05, 4.69) is 4.98 Å². The van der Waals surface area contributed by atoms with Gasteiger partial charge >= 0.3 is 5.97 Å². The maximum Gasteiger partial charge on any atom is 0.308 e. The number of fused-ring (bicyclic) bond motifs is 1. The number of nitrogens with zero attached hydrogens (tertiary/aromatic N) is 3. The molecule has 1 amide bonds. The topological polar surface area (TPSA) is 75.4 Å². The number of para-hydroxylation sites is 2. The first kappa shape index (κ1) is 17.8. The number of carboxylic acids is 1. The maximum atomic E-state index is 12.9. The first-order valence-corrected chi connectivity index (χ1v) is 9.87. The lowest BCUT2D eigenvalue weighted by molar-refractivity contribution is -0.149. The van der Waals surface area contributed by atoms with Gasteiger partial charge in [0, 0.05) is 12.6 Å². The van der Waals surface area contributed by atoms with E-state index in [1.165, 1.54) is 0 Å². The second kappa shape index (κ2) is 7.47. The average molecular weight is 361 g/mol. The monoisotopic (exact) mass is 361 g/mol. The van der Waals surface area contributed by atoms with Crippen LogP contribution in [0.2, 0.25) is 0 Å². The van der Waals surface area contributed by atoms with Crippen molar-refractivity contribution in [1.82, 2.24) is 14.5 Å². The molecule has 1 fully saturated rings. The molecule has 1 aliphatic rings. The third kappa shape index (κ3) is 3.51. The average Bonchev–Trinajstić information content (AvgIpc) is 2.92. The van der Waals surface area contributed by atoms with Gasteiger partial charge in [0.15, 0.2) is 0 Å². The number of likely N-dealkylation sites (tertiary alicyclic amines) is 1. The molecule has 7 heteroatoms. The van der Waals surface area contributed by atoms with Crippen molar-refractivity contribution < 1.29 is 14.7 Å². The molecule has 2 heterocycles. The fourth-order valence-corrected chi connectivity index (χ4v) is 4.07. The Morgan fingerprint density at radius 1 is 1.36 bits per heavy atom. The van der Waals surface area contributed by atoms with E-state index < -0.39 is 11.9 Å². The van der Waals surface area contributed by atoms with E-state index in [1.54, 1.807) is 16.7 Å². The smallest absolute Gasteiger partial charge is 0.308 e. The zero-order valence-electron chi connectivity index (χ0n) is 14.5. The SMILES string of the molecule is CSCc1nc2ccccc2n1CC(=O)N1CCC[C@H](C(=O)O)[C@@H]1C. The summed E-state index contributed by atoms with van der Waals surface area (Å²) in [6.45, 7) is 2.66. The van der Waals surface area contributed by atoms with Crippen molar-refractivity contribution in [3.63, 3.8) is 0 Å². The number of rotatable bonds is 5. The van der Waals surface area contributed by atoms with Crippen molar-refractivity contribution in [2.24, 2.45) is 5.92 Å². The molecule has 0 spiro atoms. The van der Waals surface area contributed by atoms with Crippen molar-refractivity contribution >= 4 is 34.7 Å². The van der Waals surface area contributed by atoms with Crippen molar-refractivity contribution in [2.75, 3.05) is 12.8 Å². The molecule has 0 aliphatic carbocycles. The van der Waals surface area contributed by atoms with Gasteiger partial charge in [-0.05, 0) is 38.2 Å². The number of aromatic nitrogens is 2. The van der Waals surface area contributed by atoms with Crippen LogP contribution in [0.4, 0.5) is 0 Å². The molecule has 3 rings (SSSR count). The molecule has 1 saturated heterocycles. The van der Waals surface area contributed by atoms with Crippen LogP contribution in [0, 0.1) is 5.92 Å². The summed E-state index contributed by atoms with van der Waals surface area (Å²) in [5.41, 5.74) is 1.83. The van der Waals surface area contributed by atoms with Crippen LogP contribution in [0.15, 0.2) is 24.3 Å². The predicted octanol–water partition coefficient (Wildman–Crippen LogP) is 2.61.